The number of benzene rings is 3. The third kappa shape index (κ3) is 15.8. The lowest BCUT2D eigenvalue weighted by Gasteiger charge is -2.07. The van der Waals surface area contributed by atoms with Crippen molar-refractivity contribution in [2.75, 3.05) is 13.2 Å². The predicted molar refractivity (Wildman–Crippen MR) is 188 cm³/mol. The summed E-state index contributed by atoms with van der Waals surface area (Å²) in [6.07, 6.45) is 26.5. The van der Waals surface area contributed by atoms with E-state index in [2.05, 4.69) is 6.58 Å². The van der Waals surface area contributed by atoms with Crippen LogP contribution in [0.5, 0.6) is 11.5 Å². The van der Waals surface area contributed by atoms with Gasteiger partial charge in [-0.2, -0.15) is 0 Å². The molecular formula is C41H54O3. The molecule has 3 aromatic rings. The summed E-state index contributed by atoms with van der Waals surface area (Å²) in [5.74, 6) is 1.87. The number of ether oxygens (including phenoxy) is 2. The molecule has 0 radical (unpaired) electrons. The average Bonchev–Trinajstić information content (AvgIpc) is 3.07. The summed E-state index contributed by atoms with van der Waals surface area (Å²) in [7, 11) is 0. The van der Waals surface area contributed by atoms with E-state index in [1.165, 1.54) is 89.9 Å². The van der Waals surface area contributed by atoms with Gasteiger partial charge in [0.25, 0.3) is 0 Å². The van der Waals surface area contributed by atoms with Gasteiger partial charge in [-0.05, 0) is 54.3 Å². The van der Waals surface area contributed by atoms with Gasteiger partial charge in [-0.15, -0.1) is 0 Å². The molecule has 3 aromatic carbocycles. The fraction of sp³-hybridized carbons (Fsp3) is 0.439. The Bertz CT molecular complexity index is 1180. The quantitative estimate of drug-likeness (QED) is 0.0556. The maximum absolute atomic E-state index is 12.2. The van der Waals surface area contributed by atoms with Crippen molar-refractivity contribution in [3.8, 4) is 11.5 Å². The zero-order valence-corrected chi connectivity index (χ0v) is 26.9. The fourth-order valence-corrected chi connectivity index (χ4v) is 5.30. The first-order chi connectivity index (χ1) is 21.7. The highest BCUT2D eigenvalue weighted by Gasteiger charge is 2.01. The van der Waals surface area contributed by atoms with E-state index in [4.69, 9.17) is 9.47 Å². The Morgan fingerprint density at radius 1 is 0.500 bits per heavy atom. The normalized spacial score (nSPS) is 11.1. The Balaban J connectivity index is 1.03. The van der Waals surface area contributed by atoms with Gasteiger partial charge in [0.05, 0.1) is 13.2 Å². The molecule has 0 bridgehead atoms. The van der Waals surface area contributed by atoms with Gasteiger partial charge >= 0.3 is 0 Å². The Morgan fingerprint density at radius 3 is 1.30 bits per heavy atom. The summed E-state index contributed by atoms with van der Waals surface area (Å²) in [6.45, 7) is 5.37. The fourth-order valence-electron chi connectivity index (χ4n) is 5.30. The molecule has 44 heavy (non-hydrogen) atoms. The van der Waals surface area contributed by atoms with Crippen molar-refractivity contribution in [1.82, 2.24) is 0 Å². The van der Waals surface area contributed by atoms with Gasteiger partial charge in [-0.3, -0.25) is 4.79 Å². The summed E-state index contributed by atoms with van der Waals surface area (Å²) in [4.78, 5) is 12.2. The molecule has 0 aliphatic heterocycles. The molecule has 0 unspecified atom stereocenters. The Hall–Kier alpha value is -3.59. The second-order valence-electron chi connectivity index (χ2n) is 11.8. The number of hydrogen-bond donors (Lipinski definition) is 0. The second kappa shape index (κ2) is 22.9. The number of carbonyl (C=O) groups excluding carboxylic acids is 1. The summed E-state index contributed by atoms with van der Waals surface area (Å²) >= 11 is 0. The minimum Gasteiger partial charge on any atom is -0.494 e. The minimum absolute atomic E-state index is 0.0178. The minimum atomic E-state index is 0.0178. The highest BCUT2D eigenvalue weighted by Crippen LogP contribution is 2.17. The molecule has 0 saturated heterocycles. The number of hydrogen-bond acceptors (Lipinski definition) is 3. The molecule has 0 aliphatic rings. The van der Waals surface area contributed by atoms with Crippen LogP contribution in [-0.2, 0) is 0 Å². The SMILES string of the molecule is C=Cc1ccc(OCCCCCCCCCCCCCCCCCCOc2ccc(/C=C/C(=O)c3ccccc3)cc2)cc1. The highest BCUT2D eigenvalue weighted by molar-refractivity contribution is 6.06. The molecule has 236 valence electrons. The Labute approximate surface area is 267 Å². The van der Waals surface area contributed by atoms with E-state index in [9.17, 15) is 4.79 Å². The second-order valence-corrected chi connectivity index (χ2v) is 11.8. The molecule has 3 nitrogen and oxygen atoms in total. The zero-order chi connectivity index (χ0) is 30.9. The zero-order valence-electron chi connectivity index (χ0n) is 26.9. The van der Waals surface area contributed by atoms with Crippen LogP contribution >= 0.6 is 0 Å². The Kier molecular flexibility index (Phi) is 18.1. The number of unbranched alkanes of at least 4 members (excludes halogenated alkanes) is 15. The van der Waals surface area contributed by atoms with Crippen LogP contribution in [0, 0.1) is 0 Å². The van der Waals surface area contributed by atoms with Crippen molar-refractivity contribution >= 4 is 17.9 Å². The molecular weight excluding hydrogens is 540 g/mol. The molecule has 3 rings (SSSR count). The first-order valence-corrected chi connectivity index (χ1v) is 17.1. The smallest absolute Gasteiger partial charge is 0.185 e. The standard InChI is InChI=1S/C41H54O3/c1-2-36-24-29-39(30-25-36)43-34-20-15-13-11-9-7-5-3-4-6-8-10-12-14-16-21-35-44-40-31-26-37(27-32-40)28-33-41(42)38-22-18-17-19-23-38/h2,17-19,22-33H,1,3-16,20-21,34-35H2/b33-28+. The van der Waals surface area contributed by atoms with Crippen LogP contribution < -0.4 is 9.47 Å². The van der Waals surface area contributed by atoms with Gasteiger partial charge in [0.15, 0.2) is 5.78 Å². The summed E-state index contributed by atoms with van der Waals surface area (Å²) < 4.78 is 11.7. The van der Waals surface area contributed by atoms with Gasteiger partial charge in [0.1, 0.15) is 11.5 Å². The molecule has 0 aliphatic carbocycles. The predicted octanol–water partition coefficient (Wildman–Crippen LogP) is 11.9. The molecule has 0 heterocycles. The molecule has 0 spiro atoms. The van der Waals surface area contributed by atoms with Gasteiger partial charge in [0.2, 0.25) is 0 Å². The van der Waals surface area contributed by atoms with E-state index in [-0.39, 0.29) is 5.78 Å². The topological polar surface area (TPSA) is 35.5 Å². The van der Waals surface area contributed by atoms with E-state index < -0.39 is 0 Å². The summed E-state index contributed by atoms with van der Waals surface area (Å²) in [6, 6.07) is 25.4. The Morgan fingerprint density at radius 2 is 0.886 bits per heavy atom. The van der Waals surface area contributed by atoms with E-state index in [1.54, 1.807) is 6.08 Å². The maximum Gasteiger partial charge on any atom is 0.185 e. The third-order valence-corrected chi connectivity index (χ3v) is 8.06. The molecule has 0 fully saturated rings. The molecule has 0 saturated carbocycles. The molecule has 0 N–H and O–H groups in total. The van der Waals surface area contributed by atoms with Gasteiger partial charge in [-0.25, -0.2) is 0 Å². The average molecular weight is 595 g/mol. The van der Waals surface area contributed by atoms with Crippen molar-refractivity contribution in [2.45, 2.75) is 103 Å². The lowest BCUT2D eigenvalue weighted by atomic mass is 10.0. The number of allylic oxidation sites excluding steroid dienone is 1. The molecule has 0 atom stereocenters. The maximum atomic E-state index is 12.2. The van der Waals surface area contributed by atoms with Gasteiger partial charge in [-0.1, -0.05) is 163 Å². The molecule has 0 aromatic heterocycles. The van der Waals surface area contributed by atoms with E-state index in [1.807, 2.05) is 91.0 Å². The number of rotatable bonds is 25. The first kappa shape index (κ1) is 34.9. The van der Waals surface area contributed by atoms with E-state index in [0.29, 0.717) is 5.56 Å². The lowest BCUT2D eigenvalue weighted by Crippen LogP contribution is -1.97. The summed E-state index contributed by atoms with van der Waals surface area (Å²) in [5.41, 5.74) is 2.84. The number of ketones is 1. The molecule has 0 amide bonds. The molecule has 3 heteroatoms. The first-order valence-electron chi connectivity index (χ1n) is 17.1. The van der Waals surface area contributed by atoms with Crippen molar-refractivity contribution in [3.63, 3.8) is 0 Å². The van der Waals surface area contributed by atoms with Crippen LogP contribution in [0.3, 0.4) is 0 Å². The van der Waals surface area contributed by atoms with Crippen molar-refractivity contribution < 1.29 is 14.3 Å². The summed E-state index contributed by atoms with van der Waals surface area (Å²) in [5, 5.41) is 0. The van der Waals surface area contributed by atoms with Crippen molar-refractivity contribution in [2.24, 2.45) is 0 Å². The number of carbonyl (C=O) groups is 1. The highest BCUT2D eigenvalue weighted by atomic mass is 16.5. The van der Waals surface area contributed by atoms with Crippen LogP contribution in [0.4, 0.5) is 0 Å². The van der Waals surface area contributed by atoms with E-state index >= 15 is 0 Å². The van der Waals surface area contributed by atoms with Crippen LogP contribution in [0.25, 0.3) is 12.2 Å². The monoisotopic (exact) mass is 594 g/mol. The van der Waals surface area contributed by atoms with Gasteiger partial charge in [0, 0.05) is 5.56 Å². The lowest BCUT2D eigenvalue weighted by molar-refractivity contribution is 0.104. The van der Waals surface area contributed by atoms with Crippen LogP contribution in [0.1, 0.15) is 124 Å². The third-order valence-electron chi connectivity index (χ3n) is 8.06. The largest absolute Gasteiger partial charge is 0.494 e. The van der Waals surface area contributed by atoms with Crippen LogP contribution in [-0.4, -0.2) is 19.0 Å². The van der Waals surface area contributed by atoms with E-state index in [0.717, 1.165) is 48.7 Å². The van der Waals surface area contributed by atoms with Crippen molar-refractivity contribution in [1.29, 1.82) is 0 Å². The van der Waals surface area contributed by atoms with Gasteiger partial charge < -0.3 is 9.47 Å². The van der Waals surface area contributed by atoms with Crippen LogP contribution in [0.15, 0.2) is 91.5 Å². The van der Waals surface area contributed by atoms with Crippen molar-refractivity contribution in [3.05, 3.63) is 108 Å². The van der Waals surface area contributed by atoms with Crippen LogP contribution in [0.2, 0.25) is 0 Å².